The Kier molecular flexibility index (Phi) is 4.75. The summed E-state index contributed by atoms with van der Waals surface area (Å²) in [7, 11) is -0.673. The third kappa shape index (κ3) is 3.14. The second-order valence-corrected chi connectivity index (χ2v) is 6.94. The number of rotatable bonds is 4. The molecule has 0 amide bonds. The minimum atomic E-state index is -3.64. The van der Waals surface area contributed by atoms with Crippen molar-refractivity contribution in [3.63, 3.8) is 0 Å². The van der Waals surface area contributed by atoms with E-state index in [1.807, 2.05) is 13.8 Å². The number of benzene rings is 1. The van der Waals surface area contributed by atoms with Crippen LogP contribution in [0.1, 0.15) is 13.8 Å². The van der Waals surface area contributed by atoms with Crippen LogP contribution in [0.3, 0.4) is 0 Å². The summed E-state index contributed by atoms with van der Waals surface area (Å²) < 4.78 is 43.0. The van der Waals surface area contributed by atoms with Gasteiger partial charge in [0.05, 0.1) is 26.9 Å². The summed E-state index contributed by atoms with van der Waals surface area (Å²) in [5.74, 6) is 0.829. The van der Waals surface area contributed by atoms with Crippen molar-refractivity contribution in [1.82, 2.24) is 4.31 Å². The largest absolute Gasteiger partial charge is 0.497 e. The van der Waals surface area contributed by atoms with Gasteiger partial charge in [-0.1, -0.05) is 0 Å². The molecule has 0 spiro atoms. The maximum atomic E-state index is 12.9. The first-order valence-electron chi connectivity index (χ1n) is 6.75. The normalized spacial score (nSPS) is 23.8. The molecule has 1 aromatic carbocycles. The Morgan fingerprint density at radius 1 is 1.24 bits per heavy atom. The van der Waals surface area contributed by atoms with Crippen molar-refractivity contribution < 1.29 is 22.6 Å². The highest BCUT2D eigenvalue weighted by molar-refractivity contribution is 7.89. The summed E-state index contributed by atoms with van der Waals surface area (Å²) in [5, 5.41) is 0. The summed E-state index contributed by atoms with van der Waals surface area (Å²) in [6.07, 6.45) is -0.125. The van der Waals surface area contributed by atoms with E-state index in [1.165, 1.54) is 24.6 Å². The van der Waals surface area contributed by atoms with E-state index >= 15 is 0 Å². The van der Waals surface area contributed by atoms with Crippen LogP contribution < -0.4 is 9.47 Å². The highest BCUT2D eigenvalue weighted by Gasteiger charge is 2.35. The van der Waals surface area contributed by atoms with E-state index in [0.29, 0.717) is 18.9 Å². The topological polar surface area (TPSA) is 65.1 Å². The predicted molar refractivity (Wildman–Crippen MR) is 78.3 cm³/mol. The summed E-state index contributed by atoms with van der Waals surface area (Å²) >= 11 is 0. The molecule has 7 heteroatoms. The smallest absolute Gasteiger partial charge is 0.247 e. The molecule has 0 aromatic heterocycles. The number of morpholine rings is 1. The Morgan fingerprint density at radius 3 is 2.57 bits per heavy atom. The molecule has 0 aliphatic carbocycles. The molecule has 2 atom stereocenters. The first kappa shape index (κ1) is 16.1. The molecule has 1 aromatic rings. The Morgan fingerprint density at radius 2 is 1.95 bits per heavy atom. The molecular formula is C14H21NO5S. The Balaban J connectivity index is 2.43. The molecule has 1 fully saturated rings. The van der Waals surface area contributed by atoms with E-state index in [0.717, 1.165) is 0 Å². The van der Waals surface area contributed by atoms with Crippen LogP contribution in [-0.2, 0) is 14.8 Å². The number of ether oxygens (including phenoxy) is 3. The number of nitrogens with zero attached hydrogens (tertiary/aromatic N) is 1. The van der Waals surface area contributed by atoms with Gasteiger partial charge in [-0.2, -0.15) is 4.31 Å². The fraction of sp³-hybridized carbons (Fsp3) is 0.571. The monoisotopic (exact) mass is 315 g/mol. The van der Waals surface area contributed by atoms with E-state index in [4.69, 9.17) is 14.2 Å². The average Bonchev–Trinajstić information content (AvgIpc) is 2.48. The molecule has 0 radical (unpaired) electrons. The third-order valence-electron chi connectivity index (χ3n) is 3.51. The maximum Gasteiger partial charge on any atom is 0.247 e. The molecule has 1 saturated heterocycles. The molecule has 0 saturated carbocycles. The van der Waals surface area contributed by atoms with E-state index < -0.39 is 10.0 Å². The minimum absolute atomic E-state index is 0.125. The van der Waals surface area contributed by atoms with Crippen LogP contribution in [0.25, 0.3) is 0 Å². The van der Waals surface area contributed by atoms with Crippen molar-refractivity contribution in [2.75, 3.05) is 27.4 Å². The van der Waals surface area contributed by atoms with Gasteiger partial charge in [-0.3, -0.25) is 0 Å². The van der Waals surface area contributed by atoms with Gasteiger partial charge in [0, 0.05) is 18.7 Å². The lowest BCUT2D eigenvalue weighted by atomic mass is 10.2. The molecular weight excluding hydrogens is 294 g/mol. The summed E-state index contributed by atoms with van der Waals surface area (Å²) in [6.45, 7) is 4.41. The van der Waals surface area contributed by atoms with Gasteiger partial charge in [0.25, 0.3) is 0 Å². The molecule has 0 N–H and O–H groups in total. The number of hydrogen-bond donors (Lipinski definition) is 0. The van der Waals surface area contributed by atoms with Gasteiger partial charge >= 0.3 is 0 Å². The van der Waals surface area contributed by atoms with E-state index in [2.05, 4.69) is 0 Å². The van der Waals surface area contributed by atoms with E-state index in [1.54, 1.807) is 12.1 Å². The van der Waals surface area contributed by atoms with Crippen LogP contribution in [0.2, 0.25) is 0 Å². The fourth-order valence-electron chi connectivity index (χ4n) is 2.32. The quantitative estimate of drug-likeness (QED) is 0.842. The van der Waals surface area contributed by atoms with Gasteiger partial charge in [0.15, 0.2) is 0 Å². The maximum absolute atomic E-state index is 12.9. The summed E-state index contributed by atoms with van der Waals surface area (Å²) in [5.41, 5.74) is 0. The van der Waals surface area contributed by atoms with Crippen LogP contribution in [0.5, 0.6) is 11.5 Å². The van der Waals surface area contributed by atoms with Crippen LogP contribution in [0.4, 0.5) is 0 Å². The molecule has 1 aliphatic rings. The number of methoxy groups -OCH3 is 2. The van der Waals surface area contributed by atoms with Crippen molar-refractivity contribution in [2.24, 2.45) is 0 Å². The van der Waals surface area contributed by atoms with Gasteiger partial charge in [0.2, 0.25) is 10.0 Å². The molecule has 0 bridgehead atoms. The van der Waals surface area contributed by atoms with Gasteiger partial charge in [0.1, 0.15) is 16.4 Å². The fourth-order valence-corrected chi connectivity index (χ4v) is 4.15. The van der Waals surface area contributed by atoms with Crippen molar-refractivity contribution in [1.29, 1.82) is 0 Å². The highest BCUT2D eigenvalue weighted by Crippen LogP contribution is 2.32. The van der Waals surface area contributed by atoms with Crippen molar-refractivity contribution in [3.8, 4) is 11.5 Å². The van der Waals surface area contributed by atoms with Gasteiger partial charge in [-0.25, -0.2) is 8.42 Å². The second kappa shape index (κ2) is 6.21. The third-order valence-corrected chi connectivity index (χ3v) is 5.53. The van der Waals surface area contributed by atoms with Crippen LogP contribution in [-0.4, -0.2) is 52.2 Å². The Hall–Kier alpha value is -1.31. The van der Waals surface area contributed by atoms with Crippen LogP contribution >= 0.6 is 0 Å². The SMILES string of the molecule is COc1ccc(S(=O)(=O)N2CC(C)OCC2C)c(OC)c1. The Labute approximate surface area is 125 Å². The molecule has 2 unspecified atom stereocenters. The minimum Gasteiger partial charge on any atom is -0.497 e. The lowest BCUT2D eigenvalue weighted by molar-refractivity contribution is -0.0171. The second-order valence-electron chi connectivity index (χ2n) is 5.08. The molecule has 118 valence electrons. The zero-order valence-corrected chi connectivity index (χ0v) is 13.5. The van der Waals surface area contributed by atoms with Crippen LogP contribution in [0.15, 0.2) is 23.1 Å². The highest BCUT2D eigenvalue weighted by atomic mass is 32.2. The first-order valence-corrected chi connectivity index (χ1v) is 8.19. The van der Waals surface area contributed by atoms with Gasteiger partial charge in [-0.05, 0) is 26.0 Å². The molecule has 6 nitrogen and oxygen atoms in total. The molecule has 21 heavy (non-hydrogen) atoms. The van der Waals surface area contributed by atoms with Crippen LogP contribution in [0, 0.1) is 0 Å². The zero-order chi connectivity index (χ0) is 15.6. The van der Waals surface area contributed by atoms with Crippen molar-refractivity contribution in [2.45, 2.75) is 30.9 Å². The number of hydrogen-bond acceptors (Lipinski definition) is 5. The molecule has 1 heterocycles. The van der Waals surface area contributed by atoms with Gasteiger partial charge in [-0.15, -0.1) is 0 Å². The zero-order valence-electron chi connectivity index (χ0n) is 12.7. The summed E-state index contributed by atoms with van der Waals surface area (Å²) in [4.78, 5) is 0.145. The molecule has 2 rings (SSSR count). The van der Waals surface area contributed by atoms with Crippen molar-refractivity contribution >= 4 is 10.0 Å². The first-order chi connectivity index (χ1) is 9.90. The number of sulfonamides is 1. The Bertz CT molecular complexity index is 601. The lowest BCUT2D eigenvalue weighted by Crippen LogP contribution is -2.50. The molecule has 1 aliphatic heterocycles. The van der Waals surface area contributed by atoms with E-state index in [-0.39, 0.29) is 22.8 Å². The standard InChI is InChI=1S/C14H21NO5S/c1-10-9-20-11(2)8-15(10)21(16,17)14-6-5-12(18-3)7-13(14)19-4/h5-7,10-11H,8-9H2,1-4H3. The lowest BCUT2D eigenvalue weighted by Gasteiger charge is -2.35. The van der Waals surface area contributed by atoms with Gasteiger partial charge < -0.3 is 14.2 Å². The van der Waals surface area contributed by atoms with E-state index in [9.17, 15) is 8.42 Å². The van der Waals surface area contributed by atoms with Crippen molar-refractivity contribution in [3.05, 3.63) is 18.2 Å². The summed E-state index contributed by atoms with van der Waals surface area (Å²) in [6, 6.07) is 4.49. The average molecular weight is 315 g/mol. The predicted octanol–water partition coefficient (Wildman–Crippen LogP) is 1.50.